The van der Waals surface area contributed by atoms with Crippen molar-refractivity contribution < 1.29 is 24.2 Å². The first-order valence-electron chi connectivity index (χ1n) is 10.9. The van der Waals surface area contributed by atoms with Crippen molar-refractivity contribution in [1.82, 2.24) is 15.1 Å². The zero-order valence-electron chi connectivity index (χ0n) is 20.1. The molecule has 2 rings (SSSR count). The fraction of sp³-hybridized carbons (Fsp3) is 0.542. The summed E-state index contributed by atoms with van der Waals surface area (Å²) in [7, 11) is 3.18. The largest absolute Gasteiger partial charge is 0.496 e. The number of carbonyl (C=O) groups excluding carboxylic acids is 1. The van der Waals surface area contributed by atoms with Crippen LogP contribution in [0.25, 0.3) is 11.3 Å². The lowest BCUT2D eigenvalue weighted by Crippen LogP contribution is -2.38. The molecule has 0 saturated heterocycles. The van der Waals surface area contributed by atoms with Gasteiger partial charge in [0.1, 0.15) is 11.5 Å². The maximum Gasteiger partial charge on any atom is 0.305 e. The highest BCUT2D eigenvalue weighted by Gasteiger charge is 2.27. The molecule has 0 radical (unpaired) electrons. The number of nitrogens with zero attached hydrogens (tertiary/aromatic N) is 2. The minimum atomic E-state index is -0.947. The molecule has 2 N–H and O–H groups in total. The van der Waals surface area contributed by atoms with Gasteiger partial charge in [-0.2, -0.15) is 5.10 Å². The Morgan fingerprint density at radius 2 is 1.69 bits per heavy atom. The number of amides is 1. The quantitative estimate of drug-likeness (QED) is 0.539. The molecule has 8 heteroatoms. The van der Waals surface area contributed by atoms with Crippen LogP contribution in [-0.2, 0) is 11.3 Å². The van der Waals surface area contributed by atoms with Gasteiger partial charge in [-0.3, -0.25) is 14.3 Å². The van der Waals surface area contributed by atoms with Crippen molar-refractivity contribution in [3.8, 4) is 22.8 Å². The molecule has 8 nitrogen and oxygen atoms in total. The molecule has 0 aliphatic carbocycles. The lowest BCUT2D eigenvalue weighted by Gasteiger charge is -2.18. The van der Waals surface area contributed by atoms with Crippen LogP contribution in [0.2, 0.25) is 0 Å². The number of benzene rings is 1. The maximum absolute atomic E-state index is 13.2. The molecule has 1 heterocycles. The van der Waals surface area contributed by atoms with Gasteiger partial charge in [0.05, 0.1) is 31.9 Å². The van der Waals surface area contributed by atoms with E-state index in [1.165, 1.54) is 0 Å². The average Bonchev–Trinajstić information content (AvgIpc) is 3.01. The average molecular weight is 446 g/mol. The summed E-state index contributed by atoms with van der Waals surface area (Å²) in [5, 5.41) is 16.8. The predicted octanol–water partition coefficient (Wildman–Crippen LogP) is 4.15. The highest BCUT2D eigenvalue weighted by atomic mass is 16.5. The molecular formula is C24H35N3O5. The summed E-state index contributed by atoms with van der Waals surface area (Å²) >= 11 is 0. The van der Waals surface area contributed by atoms with Gasteiger partial charge in [-0.15, -0.1) is 0 Å². The molecular weight excluding hydrogens is 410 g/mol. The van der Waals surface area contributed by atoms with E-state index < -0.39 is 12.0 Å². The van der Waals surface area contributed by atoms with Crippen molar-refractivity contribution in [3.05, 3.63) is 29.5 Å². The number of aromatic nitrogens is 2. The van der Waals surface area contributed by atoms with Gasteiger partial charge >= 0.3 is 5.97 Å². The van der Waals surface area contributed by atoms with Gasteiger partial charge in [0.15, 0.2) is 5.69 Å². The molecule has 0 saturated carbocycles. The number of hydrogen-bond acceptors (Lipinski definition) is 5. The second-order valence-corrected chi connectivity index (χ2v) is 8.83. The van der Waals surface area contributed by atoms with E-state index in [0.717, 1.165) is 11.3 Å². The van der Waals surface area contributed by atoms with E-state index in [2.05, 4.69) is 24.3 Å². The monoisotopic (exact) mass is 445 g/mol. The molecule has 1 amide bonds. The minimum absolute atomic E-state index is 0.136. The first kappa shape index (κ1) is 25.2. The Bertz CT molecular complexity index is 927. The van der Waals surface area contributed by atoms with E-state index in [1.54, 1.807) is 14.2 Å². The van der Waals surface area contributed by atoms with Crippen LogP contribution in [-0.4, -0.2) is 47.0 Å². The number of hydrogen-bond donors (Lipinski definition) is 2. The summed E-state index contributed by atoms with van der Waals surface area (Å²) in [6, 6.07) is 5.05. The van der Waals surface area contributed by atoms with E-state index in [9.17, 15) is 14.7 Å². The summed E-state index contributed by atoms with van der Waals surface area (Å²) in [5.74, 6) is 0.434. The van der Waals surface area contributed by atoms with Crippen LogP contribution in [0.15, 0.2) is 18.2 Å². The molecule has 0 unspecified atom stereocenters. The Morgan fingerprint density at radius 1 is 1.09 bits per heavy atom. The Balaban J connectivity index is 2.57. The molecule has 0 aliphatic rings. The number of carboxylic acid groups (broad SMARTS) is 1. The van der Waals surface area contributed by atoms with Crippen LogP contribution >= 0.6 is 0 Å². The first-order chi connectivity index (χ1) is 15.1. The Morgan fingerprint density at radius 3 is 2.16 bits per heavy atom. The van der Waals surface area contributed by atoms with Gasteiger partial charge in [0.2, 0.25) is 0 Å². The maximum atomic E-state index is 13.2. The Labute approximate surface area is 189 Å². The molecule has 0 aliphatic heterocycles. The third kappa shape index (κ3) is 6.02. The van der Waals surface area contributed by atoms with Crippen LogP contribution < -0.4 is 14.8 Å². The third-order valence-corrected chi connectivity index (χ3v) is 5.12. The molecule has 1 aromatic heterocycles. The first-order valence-corrected chi connectivity index (χ1v) is 10.9. The number of rotatable bonds is 11. The molecule has 176 valence electrons. The zero-order valence-corrected chi connectivity index (χ0v) is 20.1. The van der Waals surface area contributed by atoms with Crippen molar-refractivity contribution in [2.24, 2.45) is 11.8 Å². The van der Waals surface area contributed by atoms with Gasteiger partial charge in [-0.25, -0.2) is 0 Å². The van der Waals surface area contributed by atoms with Gasteiger partial charge in [-0.1, -0.05) is 33.8 Å². The van der Waals surface area contributed by atoms with E-state index in [0.29, 0.717) is 30.0 Å². The molecule has 0 spiro atoms. The predicted molar refractivity (Wildman–Crippen MR) is 123 cm³/mol. The fourth-order valence-electron chi connectivity index (χ4n) is 3.87. The Kier molecular flexibility index (Phi) is 8.69. The van der Waals surface area contributed by atoms with E-state index in [1.807, 2.05) is 43.7 Å². The van der Waals surface area contributed by atoms with Crippen molar-refractivity contribution in [2.45, 2.75) is 60.0 Å². The number of carboxylic acids is 1. The number of carbonyl (C=O) groups is 2. The summed E-state index contributed by atoms with van der Waals surface area (Å²) in [5.41, 5.74) is 2.43. The highest BCUT2D eigenvalue weighted by Crippen LogP contribution is 2.40. The van der Waals surface area contributed by atoms with Crippen molar-refractivity contribution in [1.29, 1.82) is 0 Å². The SMILES string of the molecule is COc1cccc(OC)c1-c1c(C)c(C(=O)N[C@H](CC(=O)O)CC(C)C)nn1CC(C)C. The zero-order chi connectivity index (χ0) is 24.0. The van der Waals surface area contributed by atoms with E-state index in [4.69, 9.17) is 9.47 Å². The standard InChI is InChI=1S/C24H35N3O5/c1-14(2)11-17(12-20(28)29)25-24(30)22-16(5)23(27(26-22)13-15(3)4)21-18(31-6)9-8-10-19(21)32-7/h8-10,14-15,17H,11-13H2,1-7H3,(H,25,30)(H,28,29)/t17-/m0/s1. The second-order valence-electron chi connectivity index (χ2n) is 8.83. The summed E-state index contributed by atoms with van der Waals surface area (Å²) in [4.78, 5) is 24.5. The molecule has 0 fully saturated rings. The second kappa shape index (κ2) is 11.0. The fourth-order valence-corrected chi connectivity index (χ4v) is 3.87. The minimum Gasteiger partial charge on any atom is -0.496 e. The Hall–Kier alpha value is -3.03. The molecule has 32 heavy (non-hydrogen) atoms. The molecule has 1 atom stereocenters. The van der Waals surface area contributed by atoms with Gasteiger partial charge in [-0.05, 0) is 37.3 Å². The summed E-state index contributed by atoms with van der Waals surface area (Å²) in [6.45, 7) is 10.6. The van der Waals surface area contributed by atoms with Crippen LogP contribution in [0, 0.1) is 18.8 Å². The number of aliphatic carboxylic acids is 1. The summed E-state index contributed by atoms with van der Waals surface area (Å²) in [6.07, 6.45) is 0.430. The van der Waals surface area contributed by atoms with E-state index in [-0.39, 0.29) is 29.9 Å². The number of nitrogens with one attached hydrogen (secondary N) is 1. The lowest BCUT2D eigenvalue weighted by molar-refractivity contribution is -0.137. The normalized spacial score (nSPS) is 12.2. The topological polar surface area (TPSA) is 103 Å². The summed E-state index contributed by atoms with van der Waals surface area (Å²) < 4.78 is 13.0. The smallest absolute Gasteiger partial charge is 0.305 e. The molecule has 1 aromatic carbocycles. The van der Waals surface area contributed by atoms with Crippen LogP contribution in [0.4, 0.5) is 0 Å². The van der Waals surface area contributed by atoms with Gasteiger partial charge < -0.3 is 19.9 Å². The van der Waals surface area contributed by atoms with Crippen LogP contribution in [0.3, 0.4) is 0 Å². The third-order valence-electron chi connectivity index (χ3n) is 5.12. The van der Waals surface area contributed by atoms with Crippen molar-refractivity contribution in [2.75, 3.05) is 14.2 Å². The van der Waals surface area contributed by atoms with Crippen LogP contribution in [0.5, 0.6) is 11.5 Å². The highest BCUT2D eigenvalue weighted by molar-refractivity contribution is 5.96. The van der Waals surface area contributed by atoms with Crippen molar-refractivity contribution in [3.63, 3.8) is 0 Å². The lowest BCUT2D eigenvalue weighted by atomic mass is 10.0. The number of methoxy groups -OCH3 is 2. The number of ether oxygens (including phenoxy) is 2. The molecule has 2 aromatic rings. The van der Waals surface area contributed by atoms with E-state index >= 15 is 0 Å². The van der Waals surface area contributed by atoms with Gasteiger partial charge in [0.25, 0.3) is 5.91 Å². The molecule has 0 bridgehead atoms. The van der Waals surface area contributed by atoms with Gasteiger partial charge in [0, 0.05) is 18.2 Å². The van der Waals surface area contributed by atoms with Crippen LogP contribution in [0.1, 0.15) is 56.6 Å². The van der Waals surface area contributed by atoms with Crippen molar-refractivity contribution >= 4 is 11.9 Å².